The molecule has 0 amide bonds. The summed E-state index contributed by atoms with van der Waals surface area (Å²) < 4.78 is 5.53. The Morgan fingerprint density at radius 2 is 2.31 bits per heavy atom. The van der Waals surface area contributed by atoms with Gasteiger partial charge in [0.25, 0.3) is 0 Å². The van der Waals surface area contributed by atoms with E-state index < -0.39 is 0 Å². The zero-order chi connectivity index (χ0) is 9.68. The molecule has 0 saturated heterocycles. The quantitative estimate of drug-likeness (QED) is 0.755. The van der Waals surface area contributed by atoms with Gasteiger partial charge in [-0.1, -0.05) is 13.8 Å². The van der Waals surface area contributed by atoms with Crippen LogP contribution in [0.15, 0.2) is 10.6 Å². The molecular weight excluding hydrogens is 164 g/mol. The van der Waals surface area contributed by atoms with Gasteiger partial charge in [0.15, 0.2) is 5.89 Å². The van der Waals surface area contributed by atoms with E-state index in [1.807, 2.05) is 6.20 Å². The van der Waals surface area contributed by atoms with Crippen LogP contribution in [0.2, 0.25) is 0 Å². The van der Waals surface area contributed by atoms with Crippen LogP contribution in [-0.4, -0.2) is 11.5 Å². The van der Waals surface area contributed by atoms with Crippen molar-refractivity contribution in [1.29, 1.82) is 0 Å². The topological polar surface area (TPSA) is 52.0 Å². The van der Waals surface area contributed by atoms with Crippen molar-refractivity contribution in [3.63, 3.8) is 0 Å². The number of hydrogen-bond donors (Lipinski definition) is 1. The maximum Gasteiger partial charge on any atom is 0.194 e. The van der Waals surface area contributed by atoms with Crippen LogP contribution in [-0.2, 0) is 12.8 Å². The molecule has 0 atom stereocenters. The summed E-state index contributed by atoms with van der Waals surface area (Å²) in [4.78, 5) is 4.18. The molecule has 3 nitrogen and oxygen atoms in total. The third kappa shape index (κ3) is 3.59. The number of oxazole rings is 1. The fraction of sp³-hybridized carbons (Fsp3) is 0.700. The van der Waals surface area contributed by atoms with E-state index in [1.165, 1.54) is 0 Å². The number of nitrogens with two attached hydrogens (primary N) is 1. The largest absolute Gasteiger partial charge is 0.446 e. The Hall–Kier alpha value is -0.830. The molecule has 0 spiro atoms. The summed E-state index contributed by atoms with van der Waals surface area (Å²) in [6, 6.07) is 0. The molecule has 0 fully saturated rings. The lowest BCUT2D eigenvalue weighted by Gasteiger charge is -1.98. The Bertz CT molecular complexity index is 243. The second-order valence-electron chi connectivity index (χ2n) is 3.71. The van der Waals surface area contributed by atoms with Gasteiger partial charge in [-0.2, -0.15) is 0 Å². The van der Waals surface area contributed by atoms with Crippen molar-refractivity contribution in [3.8, 4) is 0 Å². The fourth-order valence-corrected chi connectivity index (χ4v) is 1.21. The van der Waals surface area contributed by atoms with Crippen LogP contribution in [0.4, 0.5) is 0 Å². The molecule has 1 aromatic rings. The number of aromatic nitrogens is 1. The molecule has 0 saturated carbocycles. The van der Waals surface area contributed by atoms with Gasteiger partial charge >= 0.3 is 0 Å². The first kappa shape index (κ1) is 10.3. The van der Waals surface area contributed by atoms with Crippen LogP contribution in [0.1, 0.15) is 31.9 Å². The molecule has 1 aromatic heterocycles. The first-order chi connectivity index (χ1) is 6.22. The van der Waals surface area contributed by atoms with Crippen molar-refractivity contribution >= 4 is 0 Å². The summed E-state index contributed by atoms with van der Waals surface area (Å²) in [6.45, 7) is 5.03. The standard InChI is InChI=1S/C10H18N2O/c1-8(2)6-9-7-12-10(13-9)4-3-5-11/h7-8H,3-6,11H2,1-2H3. The van der Waals surface area contributed by atoms with E-state index in [2.05, 4.69) is 18.8 Å². The smallest absolute Gasteiger partial charge is 0.194 e. The van der Waals surface area contributed by atoms with Crippen molar-refractivity contribution < 1.29 is 4.42 Å². The van der Waals surface area contributed by atoms with Crippen molar-refractivity contribution in [2.45, 2.75) is 33.1 Å². The lowest BCUT2D eigenvalue weighted by Crippen LogP contribution is -2.00. The van der Waals surface area contributed by atoms with Crippen LogP contribution < -0.4 is 5.73 Å². The van der Waals surface area contributed by atoms with Gasteiger partial charge in [0.05, 0.1) is 6.20 Å². The second kappa shape index (κ2) is 5.02. The maximum atomic E-state index is 5.53. The Kier molecular flexibility index (Phi) is 3.96. The minimum atomic E-state index is 0.621. The average molecular weight is 182 g/mol. The van der Waals surface area contributed by atoms with E-state index in [1.54, 1.807) is 0 Å². The minimum absolute atomic E-state index is 0.621. The molecule has 0 aliphatic rings. The third-order valence-corrected chi connectivity index (χ3v) is 1.81. The molecule has 13 heavy (non-hydrogen) atoms. The lowest BCUT2D eigenvalue weighted by atomic mass is 10.1. The average Bonchev–Trinajstić information content (AvgIpc) is 2.48. The normalized spacial score (nSPS) is 11.1. The van der Waals surface area contributed by atoms with Gasteiger partial charge in [0.1, 0.15) is 5.76 Å². The zero-order valence-electron chi connectivity index (χ0n) is 8.42. The van der Waals surface area contributed by atoms with E-state index >= 15 is 0 Å². The molecule has 2 N–H and O–H groups in total. The summed E-state index contributed by atoms with van der Waals surface area (Å²) in [5, 5.41) is 0. The number of rotatable bonds is 5. The summed E-state index contributed by atoms with van der Waals surface area (Å²) in [5.41, 5.74) is 5.39. The van der Waals surface area contributed by atoms with Crippen LogP contribution in [0, 0.1) is 5.92 Å². The molecule has 0 aliphatic carbocycles. The van der Waals surface area contributed by atoms with Crippen LogP contribution in [0.5, 0.6) is 0 Å². The molecule has 0 unspecified atom stereocenters. The first-order valence-corrected chi connectivity index (χ1v) is 4.86. The fourth-order valence-electron chi connectivity index (χ4n) is 1.21. The highest BCUT2D eigenvalue weighted by Crippen LogP contribution is 2.10. The number of hydrogen-bond acceptors (Lipinski definition) is 3. The van der Waals surface area contributed by atoms with Crippen LogP contribution >= 0.6 is 0 Å². The third-order valence-electron chi connectivity index (χ3n) is 1.81. The zero-order valence-corrected chi connectivity index (χ0v) is 8.42. The monoisotopic (exact) mass is 182 g/mol. The summed E-state index contributed by atoms with van der Waals surface area (Å²) in [7, 11) is 0. The van der Waals surface area contributed by atoms with Gasteiger partial charge in [0.2, 0.25) is 0 Å². The van der Waals surface area contributed by atoms with E-state index in [9.17, 15) is 0 Å². The van der Waals surface area contributed by atoms with Crippen molar-refractivity contribution in [2.75, 3.05) is 6.54 Å². The number of nitrogens with zero attached hydrogens (tertiary/aromatic N) is 1. The predicted octanol–water partition coefficient (Wildman–Crippen LogP) is 1.76. The van der Waals surface area contributed by atoms with E-state index in [4.69, 9.17) is 10.2 Å². The van der Waals surface area contributed by atoms with Crippen molar-refractivity contribution in [3.05, 3.63) is 17.8 Å². The molecular formula is C10H18N2O. The summed E-state index contributed by atoms with van der Waals surface area (Å²) in [6.07, 6.45) is 4.59. The maximum absolute atomic E-state index is 5.53. The summed E-state index contributed by atoms with van der Waals surface area (Å²) in [5.74, 6) is 2.43. The number of aryl methyl sites for hydroxylation is 1. The lowest BCUT2D eigenvalue weighted by molar-refractivity contribution is 0.429. The molecule has 0 aromatic carbocycles. The van der Waals surface area contributed by atoms with Crippen LogP contribution in [0.3, 0.4) is 0 Å². The van der Waals surface area contributed by atoms with E-state index in [0.717, 1.165) is 30.9 Å². The Balaban J connectivity index is 2.44. The van der Waals surface area contributed by atoms with Crippen LogP contribution in [0.25, 0.3) is 0 Å². The molecule has 0 bridgehead atoms. The molecule has 1 heterocycles. The van der Waals surface area contributed by atoms with Crippen molar-refractivity contribution in [2.24, 2.45) is 11.7 Å². The van der Waals surface area contributed by atoms with E-state index in [-0.39, 0.29) is 0 Å². The minimum Gasteiger partial charge on any atom is -0.446 e. The molecule has 3 heteroatoms. The Labute approximate surface area is 79.3 Å². The summed E-state index contributed by atoms with van der Waals surface area (Å²) >= 11 is 0. The second-order valence-corrected chi connectivity index (χ2v) is 3.71. The SMILES string of the molecule is CC(C)Cc1cnc(CCCN)o1. The van der Waals surface area contributed by atoms with Gasteiger partial charge in [0, 0.05) is 12.8 Å². The van der Waals surface area contributed by atoms with Gasteiger partial charge in [-0.05, 0) is 18.9 Å². The molecule has 0 radical (unpaired) electrons. The highest BCUT2D eigenvalue weighted by atomic mass is 16.4. The van der Waals surface area contributed by atoms with Gasteiger partial charge in [-0.15, -0.1) is 0 Å². The first-order valence-electron chi connectivity index (χ1n) is 4.86. The highest BCUT2D eigenvalue weighted by Gasteiger charge is 2.04. The molecule has 74 valence electrons. The highest BCUT2D eigenvalue weighted by molar-refractivity contribution is 4.95. The van der Waals surface area contributed by atoms with Gasteiger partial charge in [-0.25, -0.2) is 4.98 Å². The molecule has 1 rings (SSSR count). The molecule has 0 aliphatic heterocycles. The Morgan fingerprint density at radius 1 is 1.54 bits per heavy atom. The van der Waals surface area contributed by atoms with Gasteiger partial charge in [-0.3, -0.25) is 0 Å². The van der Waals surface area contributed by atoms with E-state index in [0.29, 0.717) is 12.5 Å². The van der Waals surface area contributed by atoms with Gasteiger partial charge < -0.3 is 10.2 Å². The Morgan fingerprint density at radius 3 is 2.92 bits per heavy atom. The van der Waals surface area contributed by atoms with Crippen molar-refractivity contribution in [1.82, 2.24) is 4.98 Å². The predicted molar refractivity (Wildman–Crippen MR) is 52.4 cm³/mol.